The Labute approximate surface area is 166 Å². The maximum Gasteiger partial charge on any atom is 0.260 e. The predicted molar refractivity (Wildman–Crippen MR) is 110 cm³/mol. The molecule has 0 radical (unpaired) electrons. The highest BCUT2D eigenvalue weighted by molar-refractivity contribution is 6.30. The summed E-state index contributed by atoms with van der Waals surface area (Å²) in [4.78, 5) is 16.7. The lowest BCUT2D eigenvalue weighted by Gasteiger charge is -2.34. The molecule has 0 atom stereocenters. The molecule has 0 spiro atoms. The fourth-order valence-corrected chi connectivity index (χ4v) is 3.29. The molecule has 1 saturated heterocycles. The first-order valence-electron chi connectivity index (χ1n) is 9.25. The summed E-state index contributed by atoms with van der Waals surface area (Å²) in [6, 6.07) is 15.7. The summed E-state index contributed by atoms with van der Waals surface area (Å²) in [5.74, 6) is 0.779. The third kappa shape index (κ3) is 5.59. The summed E-state index contributed by atoms with van der Waals surface area (Å²) in [6.45, 7) is 6.11. The van der Waals surface area contributed by atoms with Gasteiger partial charge in [-0.05, 0) is 30.7 Å². The van der Waals surface area contributed by atoms with E-state index < -0.39 is 0 Å². The number of amides is 1. The zero-order valence-corrected chi connectivity index (χ0v) is 16.4. The Morgan fingerprint density at radius 3 is 2.48 bits per heavy atom. The second kappa shape index (κ2) is 9.58. The minimum Gasteiger partial charge on any atom is -0.483 e. The van der Waals surface area contributed by atoms with E-state index in [2.05, 4.69) is 17.0 Å². The monoisotopic (exact) mass is 384 g/mol. The van der Waals surface area contributed by atoms with E-state index in [9.17, 15) is 4.79 Å². The summed E-state index contributed by atoms with van der Waals surface area (Å²) in [5, 5.41) is 0.755. The molecule has 0 aliphatic carbocycles. The third-order valence-electron chi connectivity index (χ3n) is 4.66. The number of allylic oxidation sites excluding steroid dienone is 1. The summed E-state index contributed by atoms with van der Waals surface area (Å²) < 4.78 is 5.77. The van der Waals surface area contributed by atoms with Crippen molar-refractivity contribution in [1.29, 1.82) is 0 Å². The quantitative estimate of drug-likeness (QED) is 0.751. The van der Waals surface area contributed by atoms with E-state index in [4.69, 9.17) is 16.3 Å². The van der Waals surface area contributed by atoms with Gasteiger partial charge in [-0.15, -0.1) is 0 Å². The van der Waals surface area contributed by atoms with Gasteiger partial charge in [0, 0.05) is 43.3 Å². The van der Waals surface area contributed by atoms with Crippen LogP contribution in [-0.4, -0.2) is 48.5 Å². The molecule has 3 rings (SSSR count). The third-order valence-corrected chi connectivity index (χ3v) is 4.91. The van der Waals surface area contributed by atoms with Gasteiger partial charge in [0.05, 0.1) is 0 Å². The number of carbonyl (C=O) groups excluding carboxylic acids is 1. The molecule has 2 aromatic carbocycles. The first kappa shape index (κ1) is 19.5. The average molecular weight is 385 g/mol. The van der Waals surface area contributed by atoms with Crippen molar-refractivity contribution in [1.82, 2.24) is 9.80 Å². The Bertz CT molecular complexity index is 781. The molecule has 0 saturated carbocycles. The van der Waals surface area contributed by atoms with Crippen LogP contribution in [0, 0.1) is 0 Å². The first-order chi connectivity index (χ1) is 13.2. The molecule has 1 amide bonds. The maximum absolute atomic E-state index is 12.5. The molecule has 142 valence electrons. The van der Waals surface area contributed by atoms with Crippen LogP contribution >= 0.6 is 11.6 Å². The molecule has 1 aliphatic heterocycles. The van der Waals surface area contributed by atoms with Crippen LogP contribution in [0.1, 0.15) is 18.1 Å². The average Bonchev–Trinajstić information content (AvgIpc) is 2.70. The van der Waals surface area contributed by atoms with Gasteiger partial charge in [0.2, 0.25) is 0 Å². The van der Waals surface area contributed by atoms with Crippen molar-refractivity contribution in [2.45, 2.75) is 13.5 Å². The fourth-order valence-electron chi connectivity index (χ4n) is 3.16. The lowest BCUT2D eigenvalue weighted by molar-refractivity contribution is -0.135. The molecule has 2 aromatic rings. The summed E-state index contributed by atoms with van der Waals surface area (Å²) in [6.07, 6.45) is 3.94. The molecule has 1 heterocycles. The minimum absolute atomic E-state index is 0.0384. The maximum atomic E-state index is 12.5. The Morgan fingerprint density at radius 1 is 1.07 bits per heavy atom. The number of ether oxygens (including phenoxy) is 1. The van der Waals surface area contributed by atoms with Crippen LogP contribution in [0.4, 0.5) is 0 Å². The van der Waals surface area contributed by atoms with E-state index in [1.165, 1.54) is 5.56 Å². The van der Waals surface area contributed by atoms with Crippen LogP contribution in [0.15, 0.2) is 54.6 Å². The van der Waals surface area contributed by atoms with Crippen LogP contribution < -0.4 is 4.74 Å². The van der Waals surface area contributed by atoms with E-state index in [1.807, 2.05) is 60.4 Å². The van der Waals surface area contributed by atoms with Crippen LogP contribution in [-0.2, 0) is 11.3 Å². The number of benzene rings is 2. The lowest BCUT2D eigenvalue weighted by Crippen LogP contribution is -2.49. The summed E-state index contributed by atoms with van der Waals surface area (Å²) in [5.41, 5.74) is 2.23. The van der Waals surface area contributed by atoms with Gasteiger partial charge in [-0.2, -0.15) is 0 Å². The molecule has 0 bridgehead atoms. The van der Waals surface area contributed by atoms with E-state index >= 15 is 0 Å². The smallest absolute Gasteiger partial charge is 0.260 e. The van der Waals surface area contributed by atoms with Gasteiger partial charge in [0.15, 0.2) is 6.61 Å². The van der Waals surface area contributed by atoms with Crippen molar-refractivity contribution in [3.8, 4) is 5.75 Å². The number of halogens is 1. The van der Waals surface area contributed by atoms with Gasteiger partial charge in [0.25, 0.3) is 5.91 Å². The van der Waals surface area contributed by atoms with Crippen molar-refractivity contribution in [2.24, 2.45) is 0 Å². The van der Waals surface area contributed by atoms with Gasteiger partial charge in [-0.1, -0.05) is 54.1 Å². The van der Waals surface area contributed by atoms with Crippen molar-refractivity contribution < 1.29 is 9.53 Å². The van der Waals surface area contributed by atoms with Gasteiger partial charge in [0.1, 0.15) is 5.75 Å². The molecule has 4 nitrogen and oxygen atoms in total. The Hall–Kier alpha value is -2.30. The topological polar surface area (TPSA) is 32.8 Å². The Kier molecular flexibility index (Phi) is 6.91. The van der Waals surface area contributed by atoms with E-state index in [0.717, 1.165) is 49.1 Å². The molecule has 1 aliphatic rings. The molecule has 5 heteroatoms. The van der Waals surface area contributed by atoms with Gasteiger partial charge < -0.3 is 9.64 Å². The second-order valence-corrected chi connectivity index (χ2v) is 7.05. The fraction of sp³-hybridized carbons (Fsp3) is 0.318. The van der Waals surface area contributed by atoms with E-state index in [-0.39, 0.29) is 12.5 Å². The second-order valence-electron chi connectivity index (χ2n) is 6.61. The first-order valence-corrected chi connectivity index (χ1v) is 9.62. The van der Waals surface area contributed by atoms with Crippen LogP contribution in [0.3, 0.4) is 0 Å². The van der Waals surface area contributed by atoms with Crippen LogP contribution in [0.5, 0.6) is 5.75 Å². The van der Waals surface area contributed by atoms with Crippen molar-refractivity contribution >= 4 is 23.6 Å². The number of para-hydroxylation sites is 1. The zero-order valence-electron chi connectivity index (χ0n) is 15.6. The van der Waals surface area contributed by atoms with Crippen LogP contribution in [0.25, 0.3) is 6.08 Å². The molecule has 0 aromatic heterocycles. The van der Waals surface area contributed by atoms with Crippen molar-refractivity contribution in [3.63, 3.8) is 0 Å². The van der Waals surface area contributed by atoms with Crippen molar-refractivity contribution in [3.05, 3.63) is 70.8 Å². The molecule has 1 fully saturated rings. The van der Waals surface area contributed by atoms with Gasteiger partial charge >= 0.3 is 0 Å². The van der Waals surface area contributed by atoms with Crippen LogP contribution in [0.2, 0.25) is 5.02 Å². The molecular formula is C22H25ClN2O2. The minimum atomic E-state index is 0.0384. The molecule has 0 unspecified atom stereocenters. The number of hydrogen-bond acceptors (Lipinski definition) is 3. The Balaban J connectivity index is 1.46. The van der Waals surface area contributed by atoms with Gasteiger partial charge in [-0.25, -0.2) is 0 Å². The largest absolute Gasteiger partial charge is 0.483 e. The zero-order chi connectivity index (χ0) is 19.1. The summed E-state index contributed by atoms with van der Waals surface area (Å²) in [7, 11) is 0. The highest BCUT2D eigenvalue weighted by Crippen LogP contribution is 2.19. The van der Waals surface area contributed by atoms with Crippen molar-refractivity contribution in [2.75, 3.05) is 32.8 Å². The van der Waals surface area contributed by atoms with E-state index in [1.54, 1.807) is 0 Å². The number of piperazine rings is 1. The van der Waals surface area contributed by atoms with E-state index in [0.29, 0.717) is 0 Å². The van der Waals surface area contributed by atoms with Gasteiger partial charge in [-0.3, -0.25) is 9.69 Å². The highest BCUT2D eigenvalue weighted by Gasteiger charge is 2.21. The summed E-state index contributed by atoms with van der Waals surface area (Å²) >= 11 is 5.94. The number of hydrogen-bond donors (Lipinski definition) is 0. The predicted octanol–water partition coefficient (Wildman–Crippen LogP) is 4.10. The Morgan fingerprint density at radius 2 is 1.78 bits per heavy atom. The number of nitrogens with zero attached hydrogens (tertiary/aromatic N) is 2. The SMILES string of the molecule is CC=Cc1ccccc1OCC(=O)N1CCN(Cc2ccc(Cl)cc2)CC1. The molecular weight excluding hydrogens is 360 g/mol. The number of carbonyl (C=O) groups is 1. The normalized spacial score (nSPS) is 15.3. The standard InChI is InChI=1S/C22H25ClN2O2/c1-2-5-19-6-3-4-7-21(19)27-17-22(26)25-14-12-24(13-15-25)16-18-8-10-20(23)11-9-18/h2-11H,12-17H2,1H3. The lowest BCUT2D eigenvalue weighted by atomic mass is 10.2. The molecule has 0 N–H and O–H groups in total. The molecule has 27 heavy (non-hydrogen) atoms. The number of rotatable bonds is 6. The highest BCUT2D eigenvalue weighted by atomic mass is 35.5.